The highest BCUT2D eigenvalue weighted by Gasteiger charge is 2.13. The van der Waals surface area contributed by atoms with E-state index in [-0.39, 0.29) is 22.4 Å². The Labute approximate surface area is 156 Å². The zero-order valence-corrected chi connectivity index (χ0v) is 15.2. The number of hydrogen-bond donors (Lipinski definition) is 3. The van der Waals surface area contributed by atoms with Crippen LogP contribution in [0, 0.1) is 11.8 Å². The van der Waals surface area contributed by atoms with Gasteiger partial charge in [0.1, 0.15) is 11.6 Å². The molecule has 0 saturated carbocycles. The van der Waals surface area contributed by atoms with E-state index in [9.17, 15) is 13.5 Å². The van der Waals surface area contributed by atoms with Crippen LogP contribution >= 0.6 is 0 Å². The van der Waals surface area contributed by atoms with Gasteiger partial charge in [-0.25, -0.2) is 13.4 Å². The van der Waals surface area contributed by atoms with E-state index >= 15 is 0 Å². The van der Waals surface area contributed by atoms with Gasteiger partial charge in [0, 0.05) is 17.4 Å². The molecule has 2 aromatic carbocycles. The monoisotopic (exact) mass is 380 g/mol. The van der Waals surface area contributed by atoms with Gasteiger partial charge in [-0.3, -0.25) is 0 Å². The van der Waals surface area contributed by atoms with Gasteiger partial charge < -0.3 is 16.6 Å². The number of anilines is 2. The van der Waals surface area contributed by atoms with Gasteiger partial charge in [0.25, 0.3) is 0 Å². The molecule has 0 fully saturated rings. The number of rotatable bonds is 2. The van der Waals surface area contributed by atoms with Gasteiger partial charge in [-0.2, -0.15) is 4.98 Å². The number of nitrogens with zero attached hydrogens (tertiary/aromatic N) is 2. The molecule has 0 saturated heterocycles. The topological polar surface area (TPSA) is 132 Å². The maximum absolute atomic E-state index is 11.6. The summed E-state index contributed by atoms with van der Waals surface area (Å²) in [4.78, 5) is 8.34. The molecule has 136 valence electrons. The lowest BCUT2D eigenvalue weighted by Gasteiger charge is -2.08. The molecule has 0 aliphatic carbocycles. The van der Waals surface area contributed by atoms with E-state index in [0.717, 1.165) is 6.26 Å². The average molecular weight is 380 g/mol. The van der Waals surface area contributed by atoms with E-state index in [1.54, 1.807) is 30.3 Å². The molecule has 7 nitrogen and oxygen atoms in total. The summed E-state index contributed by atoms with van der Waals surface area (Å²) in [5.41, 5.74) is 13.6. The van der Waals surface area contributed by atoms with Crippen molar-refractivity contribution in [3.63, 3.8) is 0 Å². The van der Waals surface area contributed by atoms with Crippen molar-refractivity contribution in [1.82, 2.24) is 9.97 Å². The first-order valence-electron chi connectivity index (χ1n) is 7.78. The number of nitrogens with two attached hydrogens (primary N) is 2. The number of nitrogen functional groups attached to an aromatic ring is 2. The SMILES string of the molecule is CS(=O)(=O)c1ccc(-c2nc(N)nc(N)c2C#Cc2cccc(O)c2)cc1. The zero-order valence-electron chi connectivity index (χ0n) is 14.3. The van der Waals surface area contributed by atoms with Gasteiger partial charge >= 0.3 is 0 Å². The minimum atomic E-state index is -3.31. The summed E-state index contributed by atoms with van der Waals surface area (Å²) in [6, 6.07) is 12.6. The van der Waals surface area contributed by atoms with Crippen molar-refractivity contribution in [3.8, 4) is 28.8 Å². The Hall–Kier alpha value is -3.57. The standard InChI is InChI=1S/C19H16N4O3S/c1-27(25,26)15-8-6-13(7-9-15)17-16(18(20)23-19(21)22-17)10-5-12-3-2-4-14(24)11-12/h2-4,6-9,11,24H,1H3,(H4,20,21,22,23). The van der Waals surface area contributed by atoms with Gasteiger partial charge in [-0.05, 0) is 30.3 Å². The van der Waals surface area contributed by atoms with E-state index in [0.29, 0.717) is 22.4 Å². The lowest BCUT2D eigenvalue weighted by Crippen LogP contribution is -2.05. The van der Waals surface area contributed by atoms with Gasteiger partial charge in [0.05, 0.1) is 16.2 Å². The summed E-state index contributed by atoms with van der Waals surface area (Å²) >= 11 is 0. The Balaban J connectivity index is 2.11. The predicted molar refractivity (Wildman–Crippen MR) is 103 cm³/mol. The van der Waals surface area contributed by atoms with Crippen LogP contribution in [0.1, 0.15) is 11.1 Å². The van der Waals surface area contributed by atoms with E-state index in [1.807, 2.05) is 0 Å². The van der Waals surface area contributed by atoms with Crippen molar-refractivity contribution in [2.75, 3.05) is 17.7 Å². The first-order valence-corrected chi connectivity index (χ1v) is 9.68. The molecule has 0 spiro atoms. The second-order valence-corrected chi connectivity index (χ2v) is 7.80. The molecule has 3 aromatic rings. The summed E-state index contributed by atoms with van der Waals surface area (Å²) in [7, 11) is -3.31. The quantitative estimate of drug-likeness (QED) is 0.578. The summed E-state index contributed by atoms with van der Waals surface area (Å²) in [6.07, 6.45) is 1.13. The number of aromatic nitrogens is 2. The van der Waals surface area contributed by atoms with Crippen molar-refractivity contribution < 1.29 is 13.5 Å². The predicted octanol–water partition coefficient (Wildman–Crippen LogP) is 1.82. The zero-order chi connectivity index (χ0) is 19.6. The van der Waals surface area contributed by atoms with Crippen molar-refractivity contribution in [2.45, 2.75) is 4.90 Å². The molecule has 0 radical (unpaired) electrons. The molecule has 1 heterocycles. The number of sulfone groups is 1. The van der Waals surface area contributed by atoms with Gasteiger partial charge in [0.15, 0.2) is 9.84 Å². The average Bonchev–Trinajstić information content (AvgIpc) is 2.60. The molecule has 0 amide bonds. The lowest BCUT2D eigenvalue weighted by molar-refractivity contribution is 0.475. The van der Waals surface area contributed by atoms with Crippen LogP contribution in [-0.4, -0.2) is 29.7 Å². The van der Waals surface area contributed by atoms with Crippen molar-refractivity contribution >= 4 is 21.6 Å². The molecule has 27 heavy (non-hydrogen) atoms. The molecule has 3 rings (SSSR count). The fourth-order valence-electron chi connectivity index (χ4n) is 2.41. The maximum atomic E-state index is 11.6. The Morgan fingerprint density at radius 3 is 2.33 bits per heavy atom. The number of benzene rings is 2. The largest absolute Gasteiger partial charge is 0.508 e. The molecule has 8 heteroatoms. The molecule has 0 aliphatic heterocycles. The molecule has 5 N–H and O–H groups in total. The minimum absolute atomic E-state index is 0.0161. The van der Waals surface area contributed by atoms with Crippen LogP contribution in [0.3, 0.4) is 0 Å². The third kappa shape index (κ3) is 4.16. The van der Waals surface area contributed by atoms with Crippen LogP contribution in [0.15, 0.2) is 53.4 Å². The van der Waals surface area contributed by atoms with Crippen molar-refractivity contribution in [3.05, 3.63) is 59.7 Å². The first kappa shape index (κ1) is 18.2. The molecule has 0 atom stereocenters. The Bertz CT molecular complexity index is 1180. The maximum Gasteiger partial charge on any atom is 0.222 e. The van der Waals surface area contributed by atoms with Crippen LogP contribution in [-0.2, 0) is 9.84 Å². The summed E-state index contributed by atoms with van der Waals surface area (Å²) in [5, 5.41) is 9.54. The molecule has 1 aromatic heterocycles. The number of aromatic hydroxyl groups is 1. The van der Waals surface area contributed by atoms with Gasteiger partial charge in [-0.1, -0.05) is 30.0 Å². The third-order valence-electron chi connectivity index (χ3n) is 3.69. The third-order valence-corrected chi connectivity index (χ3v) is 4.82. The highest BCUT2D eigenvalue weighted by molar-refractivity contribution is 7.90. The fraction of sp³-hybridized carbons (Fsp3) is 0.0526. The highest BCUT2D eigenvalue weighted by Crippen LogP contribution is 2.26. The Morgan fingerprint density at radius 1 is 1.00 bits per heavy atom. The minimum Gasteiger partial charge on any atom is -0.508 e. The van der Waals surface area contributed by atoms with E-state index < -0.39 is 9.84 Å². The smallest absolute Gasteiger partial charge is 0.222 e. The second-order valence-electron chi connectivity index (χ2n) is 5.79. The Morgan fingerprint density at radius 2 is 1.70 bits per heavy atom. The number of phenolic OH excluding ortho intramolecular Hbond substituents is 1. The molecule has 0 aliphatic rings. The second kappa shape index (κ2) is 6.97. The normalized spacial score (nSPS) is 10.9. The van der Waals surface area contributed by atoms with E-state index in [2.05, 4.69) is 21.8 Å². The molecular weight excluding hydrogens is 364 g/mol. The Kier molecular flexibility index (Phi) is 4.71. The summed E-state index contributed by atoms with van der Waals surface area (Å²) in [5.74, 6) is 6.00. The van der Waals surface area contributed by atoms with Crippen LogP contribution in [0.5, 0.6) is 5.75 Å². The van der Waals surface area contributed by atoms with Crippen LogP contribution in [0.4, 0.5) is 11.8 Å². The van der Waals surface area contributed by atoms with Crippen molar-refractivity contribution in [1.29, 1.82) is 0 Å². The van der Waals surface area contributed by atoms with Crippen LogP contribution in [0.2, 0.25) is 0 Å². The summed E-state index contributed by atoms with van der Waals surface area (Å²) < 4.78 is 23.3. The molecule has 0 unspecified atom stereocenters. The first-order chi connectivity index (χ1) is 12.7. The van der Waals surface area contributed by atoms with Crippen LogP contribution in [0.25, 0.3) is 11.3 Å². The molecule has 0 bridgehead atoms. The van der Waals surface area contributed by atoms with E-state index in [4.69, 9.17) is 11.5 Å². The summed E-state index contributed by atoms with van der Waals surface area (Å²) in [6.45, 7) is 0. The lowest BCUT2D eigenvalue weighted by atomic mass is 10.1. The van der Waals surface area contributed by atoms with Gasteiger partial charge in [0.2, 0.25) is 5.95 Å². The number of phenols is 1. The highest BCUT2D eigenvalue weighted by atomic mass is 32.2. The van der Waals surface area contributed by atoms with Gasteiger partial charge in [-0.15, -0.1) is 0 Å². The van der Waals surface area contributed by atoms with Crippen molar-refractivity contribution in [2.24, 2.45) is 0 Å². The van der Waals surface area contributed by atoms with E-state index in [1.165, 1.54) is 18.2 Å². The fourth-order valence-corrected chi connectivity index (χ4v) is 3.04. The van der Waals surface area contributed by atoms with Crippen LogP contribution < -0.4 is 11.5 Å². The number of hydrogen-bond acceptors (Lipinski definition) is 7. The molecular formula is C19H16N4O3S.